The van der Waals surface area contributed by atoms with E-state index in [2.05, 4.69) is 23.2 Å². The van der Waals surface area contributed by atoms with Gasteiger partial charge in [0.2, 0.25) is 0 Å². The van der Waals surface area contributed by atoms with Crippen molar-refractivity contribution in [2.45, 2.75) is 13.5 Å². The molecule has 2 aromatic rings. The van der Waals surface area contributed by atoms with Gasteiger partial charge in [0.15, 0.2) is 0 Å². The van der Waals surface area contributed by atoms with Crippen LogP contribution >= 0.6 is 0 Å². The summed E-state index contributed by atoms with van der Waals surface area (Å²) >= 11 is 0. The maximum atomic E-state index is 4.17. The van der Waals surface area contributed by atoms with Gasteiger partial charge in [-0.1, -0.05) is 0 Å². The molecule has 1 radical (unpaired) electrons. The van der Waals surface area contributed by atoms with Crippen LogP contribution < -0.4 is 0 Å². The molecule has 0 aliphatic heterocycles. The maximum Gasteiger partial charge on any atom is 0.0908 e. The second kappa shape index (κ2) is 2.34. The molecule has 0 aliphatic carbocycles. The molecule has 0 saturated heterocycles. The molecule has 0 aromatic carbocycles. The number of hydrogen-bond acceptors (Lipinski definition) is 2. The lowest BCUT2D eigenvalue weighted by Gasteiger charge is -1.95. The molecular weight excluding hydrogens is 138 g/mol. The van der Waals surface area contributed by atoms with E-state index >= 15 is 0 Å². The van der Waals surface area contributed by atoms with Crippen LogP contribution in [0.5, 0.6) is 0 Å². The van der Waals surface area contributed by atoms with Crippen LogP contribution in [0.2, 0.25) is 0 Å². The fraction of sp³-hybridized carbons (Fsp3) is 0.250. The third kappa shape index (κ3) is 0.888. The van der Waals surface area contributed by atoms with Crippen LogP contribution in [-0.2, 0) is 6.54 Å². The van der Waals surface area contributed by atoms with Gasteiger partial charge in [-0.3, -0.25) is 9.67 Å². The minimum absolute atomic E-state index is 0.890. The molecule has 0 N–H and O–H groups in total. The van der Waals surface area contributed by atoms with E-state index in [0.717, 1.165) is 17.4 Å². The van der Waals surface area contributed by atoms with Gasteiger partial charge in [0, 0.05) is 18.1 Å². The SMILES string of the molecule is CCn1ncc2cn[c]cc21. The Hall–Kier alpha value is -1.38. The summed E-state index contributed by atoms with van der Waals surface area (Å²) in [6, 6.07) is 1.85. The van der Waals surface area contributed by atoms with Crippen molar-refractivity contribution in [1.29, 1.82) is 0 Å². The largest absolute Gasteiger partial charge is 0.265 e. The van der Waals surface area contributed by atoms with E-state index in [4.69, 9.17) is 0 Å². The van der Waals surface area contributed by atoms with Crippen LogP contribution in [0.15, 0.2) is 18.5 Å². The standard InChI is InChI=1S/C8H8N3/c1-2-11-8-3-4-9-5-7(8)6-10-11/h3,5-6H,2H2,1H3. The molecule has 2 aromatic heterocycles. The number of rotatable bonds is 1. The minimum atomic E-state index is 0.890. The van der Waals surface area contributed by atoms with E-state index < -0.39 is 0 Å². The number of aryl methyl sites for hydroxylation is 1. The van der Waals surface area contributed by atoms with Gasteiger partial charge in [0.1, 0.15) is 0 Å². The van der Waals surface area contributed by atoms with Gasteiger partial charge in [0.05, 0.1) is 17.9 Å². The van der Waals surface area contributed by atoms with Crippen LogP contribution in [0.3, 0.4) is 0 Å². The summed E-state index contributed by atoms with van der Waals surface area (Å²) in [6.07, 6.45) is 6.38. The molecule has 11 heavy (non-hydrogen) atoms. The van der Waals surface area contributed by atoms with Crippen LogP contribution in [0.4, 0.5) is 0 Å². The first-order valence-electron chi connectivity index (χ1n) is 3.59. The first kappa shape index (κ1) is 6.34. The van der Waals surface area contributed by atoms with Crippen LogP contribution in [0.1, 0.15) is 6.92 Å². The molecule has 0 spiro atoms. The van der Waals surface area contributed by atoms with Gasteiger partial charge < -0.3 is 0 Å². The first-order chi connectivity index (χ1) is 5.42. The zero-order chi connectivity index (χ0) is 7.68. The van der Waals surface area contributed by atoms with E-state index in [0.29, 0.717) is 0 Å². The Labute approximate surface area is 64.7 Å². The first-order valence-corrected chi connectivity index (χ1v) is 3.59. The summed E-state index contributed by atoms with van der Waals surface area (Å²) < 4.78 is 1.92. The monoisotopic (exact) mass is 146 g/mol. The highest BCUT2D eigenvalue weighted by atomic mass is 15.3. The van der Waals surface area contributed by atoms with E-state index in [-0.39, 0.29) is 0 Å². The number of pyridine rings is 1. The van der Waals surface area contributed by atoms with Gasteiger partial charge >= 0.3 is 0 Å². The topological polar surface area (TPSA) is 30.7 Å². The van der Waals surface area contributed by atoms with E-state index in [1.165, 1.54) is 0 Å². The van der Waals surface area contributed by atoms with Crippen molar-refractivity contribution in [3.63, 3.8) is 0 Å². The summed E-state index contributed by atoms with van der Waals surface area (Å²) in [5.74, 6) is 0. The number of hydrogen-bond donors (Lipinski definition) is 0. The lowest BCUT2D eigenvalue weighted by Crippen LogP contribution is -1.94. The van der Waals surface area contributed by atoms with Crippen molar-refractivity contribution in [2.75, 3.05) is 0 Å². The van der Waals surface area contributed by atoms with Crippen LogP contribution in [-0.4, -0.2) is 14.8 Å². The van der Waals surface area contributed by atoms with Gasteiger partial charge in [0.25, 0.3) is 0 Å². The highest BCUT2D eigenvalue weighted by Gasteiger charge is 1.97. The van der Waals surface area contributed by atoms with Crippen molar-refractivity contribution < 1.29 is 0 Å². The quantitative estimate of drug-likeness (QED) is 0.606. The molecule has 0 bridgehead atoms. The van der Waals surface area contributed by atoms with Crippen LogP contribution in [0.25, 0.3) is 10.9 Å². The maximum absolute atomic E-state index is 4.17. The van der Waals surface area contributed by atoms with Gasteiger partial charge in [-0.2, -0.15) is 5.10 Å². The molecular formula is C8H8N3. The molecule has 3 nitrogen and oxygen atoms in total. The van der Waals surface area contributed by atoms with E-state index in [1.807, 2.05) is 16.9 Å². The molecule has 0 aliphatic rings. The Morgan fingerprint density at radius 1 is 1.55 bits per heavy atom. The van der Waals surface area contributed by atoms with Crippen molar-refractivity contribution in [2.24, 2.45) is 0 Å². The Bertz CT molecular complexity index is 364. The second-order valence-corrected chi connectivity index (χ2v) is 2.33. The number of aromatic nitrogens is 3. The zero-order valence-electron chi connectivity index (χ0n) is 6.28. The average molecular weight is 146 g/mol. The lowest BCUT2D eigenvalue weighted by atomic mass is 10.3. The fourth-order valence-electron chi connectivity index (χ4n) is 1.12. The Morgan fingerprint density at radius 3 is 3.27 bits per heavy atom. The molecule has 0 atom stereocenters. The second-order valence-electron chi connectivity index (χ2n) is 2.33. The smallest absolute Gasteiger partial charge is 0.0908 e. The Morgan fingerprint density at radius 2 is 2.45 bits per heavy atom. The van der Waals surface area contributed by atoms with Gasteiger partial charge in [-0.05, 0) is 13.0 Å². The van der Waals surface area contributed by atoms with E-state index in [9.17, 15) is 0 Å². The van der Waals surface area contributed by atoms with Crippen molar-refractivity contribution in [3.05, 3.63) is 24.7 Å². The Balaban J connectivity index is 2.76. The van der Waals surface area contributed by atoms with Gasteiger partial charge in [-0.15, -0.1) is 0 Å². The fourth-order valence-corrected chi connectivity index (χ4v) is 1.12. The molecule has 0 saturated carbocycles. The minimum Gasteiger partial charge on any atom is -0.265 e. The highest BCUT2D eigenvalue weighted by Crippen LogP contribution is 2.09. The molecule has 2 heterocycles. The predicted molar refractivity (Wildman–Crippen MR) is 42.0 cm³/mol. The molecule has 55 valence electrons. The van der Waals surface area contributed by atoms with Crippen molar-refractivity contribution in [1.82, 2.24) is 14.8 Å². The molecule has 2 rings (SSSR count). The van der Waals surface area contributed by atoms with E-state index in [1.54, 1.807) is 6.20 Å². The summed E-state index contributed by atoms with van der Waals surface area (Å²) in [4.78, 5) is 3.88. The third-order valence-electron chi connectivity index (χ3n) is 1.69. The number of nitrogens with zero attached hydrogens (tertiary/aromatic N) is 3. The molecule has 0 amide bonds. The lowest BCUT2D eigenvalue weighted by molar-refractivity contribution is 0.684. The summed E-state index contributed by atoms with van der Waals surface area (Å²) in [7, 11) is 0. The number of fused-ring (bicyclic) bond motifs is 1. The van der Waals surface area contributed by atoms with Gasteiger partial charge in [-0.25, -0.2) is 0 Å². The predicted octanol–water partition coefficient (Wildman–Crippen LogP) is 1.25. The van der Waals surface area contributed by atoms with Crippen molar-refractivity contribution in [3.8, 4) is 0 Å². The highest BCUT2D eigenvalue weighted by molar-refractivity contribution is 5.76. The van der Waals surface area contributed by atoms with Crippen LogP contribution in [0, 0.1) is 6.20 Å². The normalized spacial score (nSPS) is 10.6. The summed E-state index contributed by atoms with van der Waals surface area (Å²) in [5.41, 5.74) is 1.10. The molecule has 3 heteroatoms. The average Bonchev–Trinajstić information content (AvgIpc) is 2.47. The zero-order valence-corrected chi connectivity index (χ0v) is 6.28. The van der Waals surface area contributed by atoms with Crippen molar-refractivity contribution >= 4 is 10.9 Å². The summed E-state index contributed by atoms with van der Waals surface area (Å²) in [6.45, 7) is 2.95. The Kier molecular flexibility index (Phi) is 1.35. The molecule has 0 unspecified atom stereocenters. The third-order valence-corrected chi connectivity index (χ3v) is 1.69. The molecule has 0 fully saturated rings. The summed E-state index contributed by atoms with van der Waals surface area (Å²) in [5, 5.41) is 5.25.